The molecule has 1 unspecified atom stereocenters. The van der Waals surface area contributed by atoms with Crippen molar-refractivity contribution in [2.75, 3.05) is 13.2 Å². The molecule has 0 bridgehead atoms. The van der Waals surface area contributed by atoms with Crippen LogP contribution >= 0.6 is 0 Å². The summed E-state index contributed by atoms with van der Waals surface area (Å²) in [4.78, 5) is 15.1. The van der Waals surface area contributed by atoms with Gasteiger partial charge < -0.3 is 9.15 Å². The Bertz CT molecular complexity index is 326. The smallest absolute Gasteiger partial charge is 0.199 e. The third kappa shape index (κ3) is 2.01. The summed E-state index contributed by atoms with van der Waals surface area (Å²) in [6.07, 6.45) is 2.88. The maximum atomic E-state index is 10.8. The predicted molar refractivity (Wildman–Crippen MR) is 49.1 cm³/mol. The molecule has 1 atom stereocenters. The molecule has 76 valence electrons. The topological polar surface area (TPSA) is 52.3 Å². The monoisotopic (exact) mass is 195 g/mol. The van der Waals surface area contributed by atoms with E-state index in [9.17, 15) is 4.79 Å². The number of carbonyl (C=O) groups is 1. The Kier molecular flexibility index (Phi) is 2.63. The number of nitrogens with zero attached hydrogens (tertiary/aromatic N) is 1. The summed E-state index contributed by atoms with van der Waals surface area (Å²) in [5, 5.41) is 0. The van der Waals surface area contributed by atoms with Crippen molar-refractivity contribution in [3.05, 3.63) is 17.8 Å². The van der Waals surface area contributed by atoms with Gasteiger partial charge in [0, 0.05) is 6.61 Å². The average molecular weight is 195 g/mol. The van der Waals surface area contributed by atoms with Crippen LogP contribution in [0.4, 0.5) is 0 Å². The van der Waals surface area contributed by atoms with E-state index in [4.69, 9.17) is 9.15 Å². The van der Waals surface area contributed by atoms with Gasteiger partial charge in [0.15, 0.2) is 5.89 Å². The SMILES string of the molecule is CC(=O)Cc1coc(C2CCOC2)n1. The molecule has 0 aromatic carbocycles. The molecule has 2 rings (SSSR count). The highest BCUT2D eigenvalue weighted by molar-refractivity contribution is 5.77. The van der Waals surface area contributed by atoms with Gasteiger partial charge in [-0.2, -0.15) is 0 Å². The highest BCUT2D eigenvalue weighted by Gasteiger charge is 2.22. The Morgan fingerprint density at radius 2 is 2.57 bits per heavy atom. The van der Waals surface area contributed by atoms with E-state index >= 15 is 0 Å². The second-order valence-corrected chi connectivity index (χ2v) is 3.62. The van der Waals surface area contributed by atoms with Gasteiger partial charge in [-0.05, 0) is 13.3 Å². The van der Waals surface area contributed by atoms with Gasteiger partial charge in [-0.1, -0.05) is 0 Å². The lowest BCUT2D eigenvalue weighted by Crippen LogP contribution is -2.00. The van der Waals surface area contributed by atoms with Crippen molar-refractivity contribution >= 4 is 5.78 Å². The lowest BCUT2D eigenvalue weighted by molar-refractivity contribution is -0.116. The Labute approximate surface area is 82.3 Å². The quantitative estimate of drug-likeness (QED) is 0.729. The molecule has 0 spiro atoms. The summed E-state index contributed by atoms with van der Waals surface area (Å²) in [5.41, 5.74) is 0.722. The van der Waals surface area contributed by atoms with E-state index in [1.54, 1.807) is 13.2 Å². The molecule has 0 aliphatic carbocycles. The number of oxazole rings is 1. The molecule has 1 aromatic rings. The first-order chi connectivity index (χ1) is 6.75. The molecule has 1 fully saturated rings. The first-order valence-electron chi connectivity index (χ1n) is 4.77. The number of Topliss-reactive ketones (excluding diaryl/α,β-unsaturated/α-hetero) is 1. The van der Waals surface area contributed by atoms with Crippen molar-refractivity contribution < 1.29 is 13.9 Å². The van der Waals surface area contributed by atoms with Crippen LogP contribution in [0, 0.1) is 0 Å². The zero-order valence-corrected chi connectivity index (χ0v) is 8.16. The standard InChI is InChI=1S/C10H13NO3/c1-7(12)4-9-6-14-10(11-9)8-2-3-13-5-8/h6,8H,2-5H2,1H3. The fraction of sp³-hybridized carbons (Fsp3) is 0.600. The molecule has 4 heteroatoms. The van der Waals surface area contributed by atoms with Crippen LogP contribution in [0.1, 0.15) is 30.8 Å². The lowest BCUT2D eigenvalue weighted by atomic mass is 10.1. The molecule has 14 heavy (non-hydrogen) atoms. The Balaban J connectivity index is 2.05. The van der Waals surface area contributed by atoms with Crippen LogP contribution in [0.15, 0.2) is 10.7 Å². The molecular weight excluding hydrogens is 182 g/mol. The van der Waals surface area contributed by atoms with Crippen molar-refractivity contribution in [1.82, 2.24) is 4.98 Å². The molecule has 1 aliphatic rings. The van der Waals surface area contributed by atoms with Gasteiger partial charge in [-0.3, -0.25) is 4.79 Å². The van der Waals surface area contributed by atoms with E-state index in [0.717, 1.165) is 18.7 Å². The predicted octanol–water partition coefficient (Wildman–Crippen LogP) is 1.31. The van der Waals surface area contributed by atoms with Crippen molar-refractivity contribution in [2.24, 2.45) is 0 Å². The minimum Gasteiger partial charge on any atom is -0.448 e. The number of carbonyl (C=O) groups excluding carboxylic acids is 1. The summed E-state index contributed by atoms with van der Waals surface area (Å²) in [7, 11) is 0. The number of aromatic nitrogens is 1. The lowest BCUT2D eigenvalue weighted by Gasteiger charge is -1.98. The average Bonchev–Trinajstić information content (AvgIpc) is 2.69. The summed E-state index contributed by atoms with van der Waals surface area (Å²) in [6, 6.07) is 0. The van der Waals surface area contributed by atoms with E-state index in [2.05, 4.69) is 4.98 Å². The number of hydrogen-bond donors (Lipinski definition) is 0. The summed E-state index contributed by atoms with van der Waals surface area (Å²) < 4.78 is 10.5. The third-order valence-electron chi connectivity index (χ3n) is 2.28. The van der Waals surface area contributed by atoms with Crippen LogP contribution in [-0.4, -0.2) is 24.0 Å². The zero-order valence-electron chi connectivity index (χ0n) is 8.16. The molecule has 1 aromatic heterocycles. The van der Waals surface area contributed by atoms with Crippen molar-refractivity contribution in [3.63, 3.8) is 0 Å². The summed E-state index contributed by atoms with van der Waals surface area (Å²) in [6.45, 7) is 3.00. The summed E-state index contributed by atoms with van der Waals surface area (Å²) in [5.74, 6) is 1.09. The number of ketones is 1. The van der Waals surface area contributed by atoms with E-state index < -0.39 is 0 Å². The maximum absolute atomic E-state index is 10.8. The highest BCUT2D eigenvalue weighted by atomic mass is 16.5. The molecule has 1 aliphatic heterocycles. The largest absolute Gasteiger partial charge is 0.448 e. The van der Waals surface area contributed by atoms with Gasteiger partial charge in [-0.15, -0.1) is 0 Å². The Morgan fingerprint density at radius 3 is 3.21 bits per heavy atom. The fourth-order valence-corrected chi connectivity index (χ4v) is 1.58. The van der Waals surface area contributed by atoms with Gasteiger partial charge in [0.05, 0.1) is 24.6 Å². The number of hydrogen-bond acceptors (Lipinski definition) is 4. The molecule has 0 radical (unpaired) electrons. The van der Waals surface area contributed by atoms with Crippen LogP contribution in [0.3, 0.4) is 0 Å². The molecule has 1 saturated heterocycles. The van der Waals surface area contributed by atoms with Gasteiger partial charge in [0.2, 0.25) is 0 Å². The van der Waals surface area contributed by atoms with Gasteiger partial charge in [0.25, 0.3) is 0 Å². The van der Waals surface area contributed by atoms with Gasteiger partial charge in [-0.25, -0.2) is 4.98 Å². The molecular formula is C10H13NO3. The second-order valence-electron chi connectivity index (χ2n) is 3.62. The van der Waals surface area contributed by atoms with Gasteiger partial charge >= 0.3 is 0 Å². The van der Waals surface area contributed by atoms with Crippen molar-refractivity contribution in [2.45, 2.75) is 25.7 Å². The van der Waals surface area contributed by atoms with Crippen LogP contribution < -0.4 is 0 Å². The van der Waals surface area contributed by atoms with E-state index in [1.165, 1.54) is 0 Å². The molecule has 0 amide bonds. The highest BCUT2D eigenvalue weighted by Crippen LogP contribution is 2.24. The van der Waals surface area contributed by atoms with E-state index in [1.807, 2.05) is 0 Å². The Morgan fingerprint density at radius 1 is 1.71 bits per heavy atom. The number of rotatable bonds is 3. The number of ether oxygens (including phenoxy) is 1. The first-order valence-corrected chi connectivity index (χ1v) is 4.77. The molecule has 4 nitrogen and oxygen atoms in total. The maximum Gasteiger partial charge on any atom is 0.199 e. The summed E-state index contributed by atoms with van der Waals surface area (Å²) >= 11 is 0. The normalized spacial score (nSPS) is 21.4. The minimum atomic E-state index is 0.104. The van der Waals surface area contributed by atoms with Crippen LogP contribution in [0.2, 0.25) is 0 Å². The Hall–Kier alpha value is -1.16. The zero-order chi connectivity index (χ0) is 9.97. The minimum absolute atomic E-state index is 0.104. The van der Waals surface area contributed by atoms with Crippen molar-refractivity contribution in [1.29, 1.82) is 0 Å². The second kappa shape index (κ2) is 3.92. The van der Waals surface area contributed by atoms with E-state index in [-0.39, 0.29) is 11.7 Å². The third-order valence-corrected chi connectivity index (χ3v) is 2.28. The molecule has 0 N–H and O–H groups in total. The molecule has 2 heterocycles. The van der Waals surface area contributed by atoms with Crippen molar-refractivity contribution in [3.8, 4) is 0 Å². The van der Waals surface area contributed by atoms with Crippen LogP contribution in [0.5, 0.6) is 0 Å². The molecule has 0 saturated carbocycles. The van der Waals surface area contributed by atoms with E-state index in [0.29, 0.717) is 18.9 Å². The van der Waals surface area contributed by atoms with Gasteiger partial charge in [0.1, 0.15) is 12.0 Å². The first kappa shape index (κ1) is 9.40. The van der Waals surface area contributed by atoms with Crippen LogP contribution in [0.25, 0.3) is 0 Å². The fourth-order valence-electron chi connectivity index (χ4n) is 1.58. The van der Waals surface area contributed by atoms with Crippen LogP contribution in [-0.2, 0) is 16.0 Å².